The first-order valence-corrected chi connectivity index (χ1v) is 13.6. The summed E-state index contributed by atoms with van der Waals surface area (Å²) in [6.45, 7) is 5.90. The number of carbonyl (C=O) groups excluding carboxylic acids is 1. The zero-order chi connectivity index (χ0) is 30.4. The van der Waals surface area contributed by atoms with Gasteiger partial charge in [0.05, 0.1) is 19.8 Å². The van der Waals surface area contributed by atoms with Gasteiger partial charge in [-0.15, -0.1) is 0 Å². The lowest BCUT2D eigenvalue weighted by molar-refractivity contribution is -0.357. The molecule has 2 fully saturated rings. The predicted octanol–water partition coefficient (Wildman–Crippen LogP) is -0.910. The first-order chi connectivity index (χ1) is 19.4. The van der Waals surface area contributed by atoms with E-state index in [1.165, 1.54) is 0 Å². The minimum absolute atomic E-state index is 0.0910. The van der Waals surface area contributed by atoms with Crippen molar-refractivity contribution < 1.29 is 69.0 Å². The second kappa shape index (κ2) is 15.0. The molecule has 3 rings (SSSR count). The van der Waals surface area contributed by atoms with Gasteiger partial charge in [0.2, 0.25) is 0 Å². The van der Waals surface area contributed by atoms with Crippen LogP contribution in [-0.2, 0) is 23.7 Å². The molecule has 2 saturated heterocycles. The van der Waals surface area contributed by atoms with Crippen LogP contribution < -0.4 is 4.74 Å². The largest absolute Gasteiger partial charge is 0.513 e. The van der Waals surface area contributed by atoms with Crippen molar-refractivity contribution >= 4 is 6.16 Å². The number of hydrogen-bond acceptors (Lipinski definition) is 14. The molecule has 0 saturated carbocycles. The van der Waals surface area contributed by atoms with Crippen LogP contribution in [0.15, 0.2) is 18.2 Å². The molecule has 234 valence electrons. The van der Waals surface area contributed by atoms with E-state index in [0.29, 0.717) is 5.75 Å². The fourth-order valence-electron chi connectivity index (χ4n) is 4.77. The van der Waals surface area contributed by atoms with Crippen molar-refractivity contribution in [3.8, 4) is 5.75 Å². The Labute approximate surface area is 237 Å². The third-order valence-electron chi connectivity index (χ3n) is 7.07. The van der Waals surface area contributed by atoms with Crippen molar-refractivity contribution in [3.05, 3.63) is 29.3 Å². The Morgan fingerprint density at radius 2 is 1.41 bits per heavy atom. The number of para-hydroxylation sites is 1. The lowest BCUT2D eigenvalue weighted by atomic mass is 9.94. The molecule has 2 aliphatic rings. The van der Waals surface area contributed by atoms with Crippen molar-refractivity contribution in [3.63, 3.8) is 0 Å². The van der Waals surface area contributed by atoms with Gasteiger partial charge in [0.25, 0.3) is 0 Å². The van der Waals surface area contributed by atoms with Crippen molar-refractivity contribution in [1.82, 2.24) is 0 Å². The number of ether oxygens (including phenoxy) is 6. The topological polar surface area (TPSA) is 214 Å². The standard InChI is InChI=1S/C27H42O14/c1-12(2)14-6-5-7-15(13(3)4)22(14)41-27(35)37-9-8-36-24-18(30)16(10-28)39-26(21(24)33)40-23-17(11-29)38-25(34)20(32)19(23)31/h5-7,12-13,16-21,23-26,28-34H,8-11H2,1-4H3/t16-,17-,18-,19-,20-,21-,23-,24+,25-,26-/m1/s1. The highest BCUT2D eigenvalue weighted by atomic mass is 16.7. The molecule has 0 amide bonds. The van der Waals surface area contributed by atoms with Crippen molar-refractivity contribution in [1.29, 1.82) is 0 Å². The highest BCUT2D eigenvalue weighted by Gasteiger charge is 2.50. The highest BCUT2D eigenvalue weighted by molar-refractivity contribution is 5.66. The van der Waals surface area contributed by atoms with Crippen LogP contribution >= 0.6 is 0 Å². The van der Waals surface area contributed by atoms with Crippen molar-refractivity contribution in [2.45, 2.75) is 101 Å². The maximum atomic E-state index is 12.5. The molecule has 0 radical (unpaired) electrons. The quantitative estimate of drug-likeness (QED) is 0.0944. The zero-order valence-electron chi connectivity index (χ0n) is 23.5. The predicted molar refractivity (Wildman–Crippen MR) is 139 cm³/mol. The molecular weight excluding hydrogens is 548 g/mol. The molecule has 0 spiro atoms. The third kappa shape index (κ3) is 7.91. The van der Waals surface area contributed by atoms with E-state index >= 15 is 0 Å². The molecule has 7 N–H and O–H groups in total. The Morgan fingerprint density at radius 3 is 1.98 bits per heavy atom. The van der Waals surface area contributed by atoms with Crippen molar-refractivity contribution in [2.75, 3.05) is 26.4 Å². The van der Waals surface area contributed by atoms with E-state index in [0.717, 1.165) is 11.1 Å². The van der Waals surface area contributed by atoms with Gasteiger partial charge in [0, 0.05) is 0 Å². The molecule has 2 heterocycles. The summed E-state index contributed by atoms with van der Waals surface area (Å²) in [5, 5.41) is 70.6. The van der Waals surface area contributed by atoms with Gasteiger partial charge in [0.1, 0.15) is 61.2 Å². The van der Waals surface area contributed by atoms with E-state index in [1.54, 1.807) is 0 Å². The van der Waals surface area contributed by atoms with Crippen LogP contribution in [0.5, 0.6) is 5.75 Å². The number of carbonyl (C=O) groups is 1. The Bertz CT molecular complexity index is 945. The first-order valence-electron chi connectivity index (χ1n) is 13.6. The van der Waals surface area contributed by atoms with Crippen LogP contribution in [0.4, 0.5) is 4.79 Å². The number of aliphatic hydroxyl groups is 7. The second-order valence-corrected chi connectivity index (χ2v) is 10.6. The molecule has 41 heavy (non-hydrogen) atoms. The van der Waals surface area contributed by atoms with Gasteiger partial charge >= 0.3 is 6.16 Å². The van der Waals surface area contributed by atoms with Gasteiger partial charge < -0.3 is 64.2 Å². The van der Waals surface area contributed by atoms with Gasteiger partial charge in [-0.3, -0.25) is 0 Å². The third-order valence-corrected chi connectivity index (χ3v) is 7.07. The SMILES string of the molecule is CC(C)c1cccc(C(C)C)c1OC(=O)OCCO[C@@H]1[C@@H](O)[C@@H](O[C@H]2[C@H](O)[C@@H](O)[C@H](O)O[C@@H]2CO)O[C@H](CO)[C@H]1O. The molecule has 0 bridgehead atoms. The molecule has 1 aromatic carbocycles. The maximum absolute atomic E-state index is 12.5. The summed E-state index contributed by atoms with van der Waals surface area (Å²) < 4.78 is 32.3. The summed E-state index contributed by atoms with van der Waals surface area (Å²) in [5.74, 6) is 0.610. The second-order valence-electron chi connectivity index (χ2n) is 10.6. The molecule has 0 aliphatic carbocycles. The van der Waals surface area contributed by atoms with E-state index in [-0.39, 0.29) is 25.0 Å². The fourth-order valence-corrected chi connectivity index (χ4v) is 4.77. The van der Waals surface area contributed by atoms with Crippen LogP contribution in [-0.4, -0.2) is 130 Å². The van der Waals surface area contributed by atoms with E-state index in [4.69, 9.17) is 28.4 Å². The van der Waals surface area contributed by atoms with Crippen LogP contribution in [0.1, 0.15) is 50.7 Å². The molecule has 2 aliphatic heterocycles. The fraction of sp³-hybridized carbons (Fsp3) is 0.741. The number of benzene rings is 1. The molecule has 0 aromatic heterocycles. The normalized spacial score (nSPS) is 34.2. The minimum Gasteiger partial charge on any atom is -0.432 e. The Kier molecular flexibility index (Phi) is 12.3. The number of rotatable bonds is 11. The van der Waals surface area contributed by atoms with Crippen LogP contribution in [0.3, 0.4) is 0 Å². The number of aliphatic hydroxyl groups excluding tert-OH is 7. The average molecular weight is 591 g/mol. The van der Waals surface area contributed by atoms with Crippen LogP contribution in [0.2, 0.25) is 0 Å². The Hall–Kier alpha value is -1.95. The molecule has 0 unspecified atom stereocenters. The van der Waals surface area contributed by atoms with E-state index in [9.17, 15) is 40.5 Å². The van der Waals surface area contributed by atoms with Gasteiger partial charge in [0.15, 0.2) is 12.6 Å². The van der Waals surface area contributed by atoms with Crippen LogP contribution in [0.25, 0.3) is 0 Å². The zero-order valence-corrected chi connectivity index (χ0v) is 23.5. The van der Waals surface area contributed by atoms with Gasteiger partial charge in [-0.05, 0) is 23.0 Å². The van der Waals surface area contributed by atoms with E-state index in [1.807, 2.05) is 45.9 Å². The molecule has 1 aromatic rings. The molecule has 10 atom stereocenters. The average Bonchev–Trinajstić information content (AvgIpc) is 2.93. The van der Waals surface area contributed by atoms with E-state index in [2.05, 4.69) is 0 Å². The Balaban J connectivity index is 1.61. The highest BCUT2D eigenvalue weighted by Crippen LogP contribution is 2.35. The van der Waals surface area contributed by atoms with E-state index < -0.39 is 80.8 Å². The minimum atomic E-state index is -1.79. The van der Waals surface area contributed by atoms with Gasteiger partial charge in [-0.2, -0.15) is 0 Å². The molecule has 14 nitrogen and oxygen atoms in total. The summed E-state index contributed by atoms with van der Waals surface area (Å²) in [6.07, 6.45) is -16.5. The Morgan fingerprint density at radius 1 is 0.805 bits per heavy atom. The number of hydrogen-bond donors (Lipinski definition) is 7. The van der Waals surface area contributed by atoms with Gasteiger partial charge in [-0.25, -0.2) is 4.79 Å². The lowest BCUT2D eigenvalue weighted by Crippen LogP contribution is -2.64. The summed E-state index contributed by atoms with van der Waals surface area (Å²) in [4.78, 5) is 12.5. The summed E-state index contributed by atoms with van der Waals surface area (Å²) >= 11 is 0. The smallest absolute Gasteiger partial charge is 0.432 e. The summed E-state index contributed by atoms with van der Waals surface area (Å²) in [7, 11) is 0. The summed E-state index contributed by atoms with van der Waals surface area (Å²) in [6, 6.07) is 5.64. The first kappa shape index (κ1) is 33.6. The lowest BCUT2D eigenvalue weighted by Gasteiger charge is -2.46. The van der Waals surface area contributed by atoms with Crippen LogP contribution in [0, 0.1) is 0 Å². The van der Waals surface area contributed by atoms with Gasteiger partial charge in [-0.1, -0.05) is 45.9 Å². The van der Waals surface area contributed by atoms with Crippen molar-refractivity contribution in [2.24, 2.45) is 0 Å². The molecular formula is C27H42O14. The molecule has 14 heteroatoms. The maximum Gasteiger partial charge on any atom is 0.513 e. The summed E-state index contributed by atoms with van der Waals surface area (Å²) in [5.41, 5.74) is 1.69. The monoisotopic (exact) mass is 590 g/mol.